The minimum absolute atomic E-state index is 0.391. The number of rotatable bonds is 6. The first-order chi connectivity index (χ1) is 10.2. The molecule has 0 aromatic carbocycles. The molecule has 0 fully saturated rings. The molecule has 2 rings (SSSR count). The SMILES string of the molecule is CCNC(=NCc1noc(C)n1)NCCc1csc(C)n1. The molecule has 0 saturated heterocycles. The highest BCUT2D eigenvalue weighted by Crippen LogP contribution is 2.07. The Morgan fingerprint density at radius 1 is 1.33 bits per heavy atom. The summed E-state index contributed by atoms with van der Waals surface area (Å²) in [4.78, 5) is 13.0. The van der Waals surface area contributed by atoms with Crippen LogP contribution in [0.1, 0.15) is 29.3 Å². The predicted molar refractivity (Wildman–Crippen MR) is 82.4 cm³/mol. The zero-order chi connectivity index (χ0) is 15.1. The van der Waals surface area contributed by atoms with Gasteiger partial charge in [0.2, 0.25) is 5.89 Å². The molecule has 0 spiro atoms. The highest BCUT2D eigenvalue weighted by Gasteiger charge is 2.03. The smallest absolute Gasteiger partial charge is 0.223 e. The van der Waals surface area contributed by atoms with E-state index in [1.165, 1.54) is 0 Å². The first-order valence-corrected chi connectivity index (χ1v) is 7.77. The molecule has 0 aliphatic rings. The summed E-state index contributed by atoms with van der Waals surface area (Å²) in [6, 6.07) is 0. The van der Waals surface area contributed by atoms with Crippen molar-refractivity contribution < 1.29 is 4.52 Å². The van der Waals surface area contributed by atoms with Crippen molar-refractivity contribution >= 4 is 17.3 Å². The predicted octanol–water partition coefficient (Wildman–Crippen LogP) is 1.44. The molecule has 0 bridgehead atoms. The topological polar surface area (TPSA) is 88.2 Å². The summed E-state index contributed by atoms with van der Waals surface area (Å²) in [6.45, 7) is 7.77. The van der Waals surface area contributed by atoms with E-state index in [2.05, 4.69) is 36.1 Å². The largest absolute Gasteiger partial charge is 0.357 e. The number of nitrogens with zero attached hydrogens (tertiary/aromatic N) is 4. The fraction of sp³-hybridized carbons (Fsp3) is 0.538. The molecule has 8 heteroatoms. The third kappa shape index (κ3) is 5.14. The maximum atomic E-state index is 4.92. The minimum atomic E-state index is 0.391. The molecular weight excluding hydrogens is 288 g/mol. The molecule has 0 saturated carbocycles. The Balaban J connectivity index is 1.83. The molecule has 0 radical (unpaired) electrons. The number of hydrogen-bond acceptors (Lipinski definition) is 6. The summed E-state index contributed by atoms with van der Waals surface area (Å²) in [6.07, 6.45) is 0.871. The number of aliphatic imine (C=N–C) groups is 1. The molecule has 0 unspecified atom stereocenters. The van der Waals surface area contributed by atoms with Gasteiger partial charge in [-0.2, -0.15) is 4.98 Å². The molecule has 2 N–H and O–H groups in total. The Morgan fingerprint density at radius 3 is 2.81 bits per heavy atom. The normalized spacial score (nSPS) is 11.7. The monoisotopic (exact) mass is 308 g/mol. The second-order valence-corrected chi connectivity index (χ2v) is 5.52. The van der Waals surface area contributed by atoms with Gasteiger partial charge < -0.3 is 15.2 Å². The second kappa shape index (κ2) is 7.72. The van der Waals surface area contributed by atoms with Gasteiger partial charge in [0.1, 0.15) is 6.54 Å². The Hall–Kier alpha value is -1.96. The van der Waals surface area contributed by atoms with Gasteiger partial charge in [-0.1, -0.05) is 5.16 Å². The van der Waals surface area contributed by atoms with Crippen molar-refractivity contribution in [3.63, 3.8) is 0 Å². The first kappa shape index (κ1) is 15.4. The van der Waals surface area contributed by atoms with Crippen LogP contribution in [0.25, 0.3) is 0 Å². The molecule has 0 aliphatic heterocycles. The van der Waals surface area contributed by atoms with Crippen LogP contribution in [0.2, 0.25) is 0 Å². The van der Waals surface area contributed by atoms with Crippen LogP contribution in [-0.2, 0) is 13.0 Å². The van der Waals surface area contributed by atoms with Crippen molar-refractivity contribution in [2.75, 3.05) is 13.1 Å². The van der Waals surface area contributed by atoms with Crippen LogP contribution in [0.5, 0.6) is 0 Å². The van der Waals surface area contributed by atoms with Gasteiger partial charge in [0.25, 0.3) is 0 Å². The Morgan fingerprint density at radius 2 is 2.19 bits per heavy atom. The quantitative estimate of drug-likeness (QED) is 0.620. The fourth-order valence-corrected chi connectivity index (χ4v) is 2.38. The zero-order valence-electron chi connectivity index (χ0n) is 12.5. The van der Waals surface area contributed by atoms with Crippen molar-refractivity contribution in [1.82, 2.24) is 25.8 Å². The van der Waals surface area contributed by atoms with Crippen LogP contribution in [0.4, 0.5) is 0 Å². The summed E-state index contributed by atoms with van der Waals surface area (Å²) < 4.78 is 4.92. The number of aromatic nitrogens is 3. The molecule has 21 heavy (non-hydrogen) atoms. The van der Waals surface area contributed by atoms with E-state index in [0.717, 1.165) is 36.2 Å². The van der Waals surface area contributed by atoms with E-state index in [9.17, 15) is 0 Å². The lowest BCUT2D eigenvalue weighted by Crippen LogP contribution is -2.38. The molecule has 2 heterocycles. The van der Waals surface area contributed by atoms with Crippen LogP contribution in [0.3, 0.4) is 0 Å². The summed E-state index contributed by atoms with van der Waals surface area (Å²) in [5.74, 6) is 1.88. The van der Waals surface area contributed by atoms with Crippen molar-refractivity contribution in [2.45, 2.75) is 33.7 Å². The standard InChI is InChI=1S/C13H20N6OS/c1-4-14-13(16-7-12-17-9(2)20-19-12)15-6-5-11-8-21-10(3)18-11/h8H,4-7H2,1-3H3,(H2,14,15,16). The van der Waals surface area contributed by atoms with E-state index in [4.69, 9.17) is 4.52 Å². The van der Waals surface area contributed by atoms with E-state index in [0.29, 0.717) is 18.3 Å². The van der Waals surface area contributed by atoms with E-state index >= 15 is 0 Å². The molecule has 0 atom stereocenters. The summed E-state index contributed by atoms with van der Waals surface area (Å²) in [7, 11) is 0. The van der Waals surface area contributed by atoms with Crippen molar-refractivity contribution in [2.24, 2.45) is 4.99 Å². The molecular formula is C13H20N6OS. The van der Waals surface area contributed by atoms with Crippen molar-refractivity contribution in [3.8, 4) is 0 Å². The summed E-state index contributed by atoms with van der Waals surface area (Å²) in [5.41, 5.74) is 1.11. The van der Waals surface area contributed by atoms with Gasteiger partial charge in [-0.05, 0) is 13.8 Å². The van der Waals surface area contributed by atoms with Gasteiger partial charge >= 0.3 is 0 Å². The van der Waals surface area contributed by atoms with Gasteiger partial charge in [-0.25, -0.2) is 9.98 Å². The second-order valence-electron chi connectivity index (χ2n) is 4.46. The average Bonchev–Trinajstić information content (AvgIpc) is 3.05. The third-order valence-electron chi connectivity index (χ3n) is 2.63. The summed E-state index contributed by atoms with van der Waals surface area (Å²) in [5, 5.41) is 13.5. The van der Waals surface area contributed by atoms with Crippen LogP contribution >= 0.6 is 11.3 Å². The lowest BCUT2D eigenvalue weighted by Gasteiger charge is -2.09. The molecule has 114 valence electrons. The van der Waals surface area contributed by atoms with E-state index in [1.54, 1.807) is 18.3 Å². The maximum absolute atomic E-state index is 4.92. The van der Waals surface area contributed by atoms with E-state index in [-0.39, 0.29) is 0 Å². The van der Waals surface area contributed by atoms with Gasteiger partial charge in [-0.3, -0.25) is 0 Å². The van der Waals surface area contributed by atoms with Crippen LogP contribution < -0.4 is 10.6 Å². The van der Waals surface area contributed by atoms with Gasteiger partial charge in [-0.15, -0.1) is 11.3 Å². The number of thiazole rings is 1. The van der Waals surface area contributed by atoms with Gasteiger partial charge in [0, 0.05) is 31.8 Å². The number of hydrogen-bond donors (Lipinski definition) is 2. The summed E-state index contributed by atoms with van der Waals surface area (Å²) >= 11 is 1.67. The van der Waals surface area contributed by atoms with E-state index in [1.807, 2.05) is 13.8 Å². The highest BCUT2D eigenvalue weighted by atomic mass is 32.1. The molecule has 0 aliphatic carbocycles. The van der Waals surface area contributed by atoms with Crippen LogP contribution in [0.15, 0.2) is 14.9 Å². The Kier molecular flexibility index (Phi) is 5.68. The molecule has 2 aromatic rings. The van der Waals surface area contributed by atoms with Gasteiger partial charge in [0.05, 0.1) is 10.7 Å². The fourth-order valence-electron chi connectivity index (χ4n) is 1.73. The first-order valence-electron chi connectivity index (χ1n) is 6.89. The van der Waals surface area contributed by atoms with Crippen LogP contribution in [0, 0.1) is 13.8 Å². The minimum Gasteiger partial charge on any atom is -0.357 e. The molecule has 0 amide bonds. The Labute approximate surface area is 127 Å². The number of nitrogens with one attached hydrogen (secondary N) is 2. The van der Waals surface area contributed by atoms with Crippen molar-refractivity contribution in [1.29, 1.82) is 0 Å². The lowest BCUT2D eigenvalue weighted by molar-refractivity contribution is 0.387. The van der Waals surface area contributed by atoms with Gasteiger partial charge in [0.15, 0.2) is 11.8 Å². The number of aryl methyl sites for hydroxylation is 2. The third-order valence-corrected chi connectivity index (χ3v) is 3.45. The highest BCUT2D eigenvalue weighted by molar-refractivity contribution is 7.09. The molecule has 2 aromatic heterocycles. The van der Waals surface area contributed by atoms with Crippen LogP contribution in [-0.4, -0.2) is 34.2 Å². The van der Waals surface area contributed by atoms with Crippen molar-refractivity contribution in [3.05, 3.63) is 27.8 Å². The zero-order valence-corrected chi connectivity index (χ0v) is 13.3. The molecule has 7 nitrogen and oxygen atoms in total. The maximum Gasteiger partial charge on any atom is 0.223 e. The lowest BCUT2D eigenvalue weighted by atomic mass is 10.3. The average molecular weight is 308 g/mol. The Bertz CT molecular complexity index is 591. The van der Waals surface area contributed by atoms with E-state index < -0.39 is 0 Å². The number of guanidine groups is 1.